The van der Waals surface area contributed by atoms with Crippen molar-refractivity contribution < 1.29 is 9.53 Å². The largest absolute Gasteiger partial charge is 0.481 e. The fourth-order valence-corrected chi connectivity index (χ4v) is 4.35. The number of hydrogen-bond donors (Lipinski definition) is 1. The predicted molar refractivity (Wildman–Crippen MR) is 125 cm³/mol. The van der Waals surface area contributed by atoms with Crippen LogP contribution < -0.4 is 15.0 Å². The van der Waals surface area contributed by atoms with E-state index in [1.54, 1.807) is 41.0 Å². The van der Waals surface area contributed by atoms with Gasteiger partial charge in [0.25, 0.3) is 0 Å². The molecule has 0 saturated carbocycles. The van der Waals surface area contributed by atoms with Gasteiger partial charge >= 0.3 is 0 Å². The molecule has 1 saturated heterocycles. The van der Waals surface area contributed by atoms with Gasteiger partial charge in [0.1, 0.15) is 11.6 Å². The minimum Gasteiger partial charge on any atom is -0.481 e. The first-order valence-electron chi connectivity index (χ1n) is 11.0. The zero-order chi connectivity index (χ0) is 23.7. The summed E-state index contributed by atoms with van der Waals surface area (Å²) < 4.78 is 8.57. The highest BCUT2D eigenvalue weighted by Crippen LogP contribution is 2.32. The molecule has 172 valence electrons. The maximum Gasteiger partial charge on any atom is 0.224 e. The van der Waals surface area contributed by atoms with Crippen LogP contribution >= 0.6 is 0 Å². The second kappa shape index (κ2) is 8.86. The molecule has 10 heteroatoms. The number of aryl methyl sites for hydroxylation is 1. The van der Waals surface area contributed by atoms with Crippen LogP contribution in [-0.4, -0.2) is 56.5 Å². The lowest BCUT2D eigenvalue weighted by Gasteiger charge is -2.21. The zero-order valence-corrected chi connectivity index (χ0v) is 19.0. The third kappa shape index (κ3) is 4.15. The summed E-state index contributed by atoms with van der Waals surface area (Å²) in [6.45, 7) is 1.41. The summed E-state index contributed by atoms with van der Waals surface area (Å²) in [4.78, 5) is 19.0. The zero-order valence-electron chi connectivity index (χ0n) is 19.0. The van der Waals surface area contributed by atoms with Gasteiger partial charge in [0.15, 0.2) is 0 Å². The van der Waals surface area contributed by atoms with Crippen LogP contribution in [0.5, 0.6) is 5.88 Å². The first-order valence-corrected chi connectivity index (χ1v) is 11.0. The number of methoxy groups -OCH3 is 1. The fraction of sp³-hybridized carbons (Fsp3) is 0.292. The Labute approximate surface area is 196 Å². The number of nitrogens with one attached hydrogen (secondary N) is 1. The van der Waals surface area contributed by atoms with Gasteiger partial charge in [0.05, 0.1) is 37.2 Å². The van der Waals surface area contributed by atoms with Crippen molar-refractivity contribution in [3.8, 4) is 23.1 Å². The summed E-state index contributed by atoms with van der Waals surface area (Å²) in [6, 6.07) is 7.92. The molecule has 1 atom stereocenters. The summed E-state index contributed by atoms with van der Waals surface area (Å²) in [5, 5.41) is 21.4. The fourth-order valence-electron chi connectivity index (χ4n) is 4.35. The molecule has 1 N–H and O–H groups in total. The van der Waals surface area contributed by atoms with E-state index in [4.69, 9.17) is 4.74 Å². The van der Waals surface area contributed by atoms with Crippen molar-refractivity contribution in [1.82, 2.24) is 29.7 Å². The van der Waals surface area contributed by atoms with Gasteiger partial charge < -0.3 is 15.0 Å². The molecule has 0 radical (unpaired) electrons. The molecule has 4 aromatic heterocycles. The minimum atomic E-state index is -0.0462. The number of hydrogen-bond acceptors (Lipinski definition) is 7. The van der Waals surface area contributed by atoms with Gasteiger partial charge in [-0.25, -0.2) is 9.50 Å². The second-order valence-electron chi connectivity index (χ2n) is 8.36. The maximum atomic E-state index is 12.6. The van der Waals surface area contributed by atoms with Gasteiger partial charge in [0.2, 0.25) is 11.8 Å². The number of amides is 1. The number of pyridine rings is 2. The Bertz CT molecular complexity index is 1380. The van der Waals surface area contributed by atoms with E-state index in [1.807, 2.05) is 25.5 Å². The summed E-state index contributed by atoms with van der Waals surface area (Å²) in [7, 11) is 3.44. The first-order chi connectivity index (χ1) is 16.5. The van der Waals surface area contributed by atoms with Gasteiger partial charge in [-0.15, -0.1) is 0 Å². The number of ether oxygens (including phenoxy) is 1. The van der Waals surface area contributed by atoms with Crippen molar-refractivity contribution in [1.29, 1.82) is 5.26 Å². The molecule has 0 aromatic carbocycles. The van der Waals surface area contributed by atoms with E-state index in [2.05, 4.69) is 37.5 Å². The van der Waals surface area contributed by atoms with Crippen molar-refractivity contribution in [3.05, 3.63) is 60.3 Å². The lowest BCUT2D eigenvalue weighted by Crippen LogP contribution is -2.38. The topological polar surface area (TPSA) is 113 Å². The van der Waals surface area contributed by atoms with Crippen molar-refractivity contribution >= 4 is 17.1 Å². The second-order valence-corrected chi connectivity index (χ2v) is 8.36. The lowest BCUT2D eigenvalue weighted by molar-refractivity contribution is -0.121. The SMILES string of the molecule is COc1ccc(CC(=O)NC2CCN(c3cc(-c4cnn(C)c4)cn4ncc(C#N)c34)C2)cn1. The highest BCUT2D eigenvalue weighted by molar-refractivity contribution is 5.84. The van der Waals surface area contributed by atoms with Gasteiger partial charge in [0, 0.05) is 62.0 Å². The third-order valence-corrected chi connectivity index (χ3v) is 6.02. The molecule has 34 heavy (non-hydrogen) atoms. The van der Waals surface area contributed by atoms with Gasteiger partial charge in [-0.1, -0.05) is 6.07 Å². The van der Waals surface area contributed by atoms with Crippen LogP contribution in [0, 0.1) is 11.3 Å². The number of aromatic nitrogens is 5. The molecule has 1 amide bonds. The number of fused-ring (bicyclic) bond motifs is 1. The van der Waals surface area contributed by atoms with Crippen LogP contribution in [0.25, 0.3) is 16.6 Å². The molecule has 10 nitrogen and oxygen atoms in total. The Kier molecular flexibility index (Phi) is 5.59. The molecule has 1 aliphatic rings. The molecular formula is C24H24N8O2. The van der Waals surface area contributed by atoms with Crippen molar-refractivity contribution in [3.63, 3.8) is 0 Å². The summed E-state index contributed by atoms with van der Waals surface area (Å²) in [6.07, 6.45) is 9.98. The molecule has 1 aliphatic heterocycles. The van der Waals surface area contributed by atoms with Crippen LogP contribution in [0.1, 0.15) is 17.5 Å². The molecule has 4 aromatic rings. The minimum absolute atomic E-state index is 0.00858. The molecule has 0 spiro atoms. The first kappa shape index (κ1) is 21.5. The maximum absolute atomic E-state index is 12.6. The van der Waals surface area contributed by atoms with E-state index in [1.165, 1.54) is 0 Å². The highest BCUT2D eigenvalue weighted by atomic mass is 16.5. The van der Waals surface area contributed by atoms with Crippen LogP contribution in [0.3, 0.4) is 0 Å². The molecule has 0 aliphatic carbocycles. The van der Waals surface area contributed by atoms with Crippen molar-refractivity contribution in [2.75, 3.05) is 25.1 Å². The Balaban J connectivity index is 1.35. The average Bonchev–Trinajstić information content (AvgIpc) is 3.58. The molecular weight excluding hydrogens is 432 g/mol. The standard InChI is InChI=1S/C24H24N8O2/c1-30-13-19(12-27-30)17-8-21(24-18(9-25)11-28-32(24)14-17)31-6-5-20(15-31)29-22(33)7-16-3-4-23(34-2)26-10-16/h3-4,8,10-14,20H,5-7,15H2,1-2H3,(H,29,33). The van der Waals surface area contributed by atoms with E-state index in [9.17, 15) is 10.1 Å². The molecule has 5 rings (SSSR count). The van der Waals surface area contributed by atoms with E-state index in [-0.39, 0.29) is 18.4 Å². The highest BCUT2D eigenvalue weighted by Gasteiger charge is 2.27. The number of nitriles is 1. The molecule has 5 heterocycles. The number of carbonyl (C=O) groups is 1. The number of rotatable bonds is 6. The van der Waals surface area contributed by atoms with Crippen LogP contribution in [-0.2, 0) is 18.3 Å². The van der Waals surface area contributed by atoms with Crippen LogP contribution in [0.4, 0.5) is 5.69 Å². The summed E-state index contributed by atoms with van der Waals surface area (Å²) in [5.74, 6) is 0.474. The monoisotopic (exact) mass is 456 g/mol. The average molecular weight is 457 g/mol. The van der Waals surface area contributed by atoms with Crippen molar-refractivity contribution in [2.24, 2.45) is 7.05 Å². The van der Waals surface area contributed by atoms with Gasteiger partial charge in [-0.05, 0) is 18.1 Å². The number of nitrogens with zero attached hydrogens (tertiary/aromatic N) is 7. The number of anilines is 1. The summed E-state index contributed by atoms with van der Waals surface area (Å²) >= 11 is 0. The van der Waals surface area contributed by atoms with E-state index in [0.717, 1.165) is 40.9 Å². The Morgan fingerprint density at radius 3 is 2.82 bits per heavy atom. The normalized spacial score (nSPS) is 15.4. The van der Waals surface area contributed by atoms with Crippen LogP contribution in [0.2, 0.25) is 0 Å². The molecule has 1 fully saturated rings. The quantitative estimate of drug-likeness (QED) is 0.472. The smallest absolute Gasteiger partial charge is 0.224 e. The Morgan fingerprint density at radius 1 is 1.24 bits per heavy atom. The third-order valence-electron chi connectivity index (χ3n) is 6.02. The molecule has 0 bridgehead atoms. The van der Waals surface area contributed by atoms with E-state index >= 15 is 0 Å². The lowest BCUT2D eigenvalue weighted by atomic mass is 10.1. The van der Waals surface area contributed by atoms with E-state index < -0.39 is 0 Å². The van der Waals surface area contributed by atoms with Crippen LogP contribution in [0.15, 0.2) is 49.2 Å². The summed E-state index contributed by atoms with van der Waals surface area (Å²) in [5.41, 5.74) is 4.97. The number of carbonyl (C=O) groups excluding carboxylic acids is 1. The predicted octanol–water partition coefficient (Wildman–Crippen LogP) is 1.95. The van der Waals surface area contributed by atoms with E-state index in [0.29, 0.717) is 18.0 Å². The van der Waals surface area contributed by atoms with Gasteiger partial charge in [-0.3, -0.25) is 9.48 Å². The van der Waals surface area contributed by atoms with Gasteiger partial charge in [-0.2, -0.15) is 15.5 Å². The van der Waals surface area contributed by atoms with Crippen molar-refractivity contribution in [2.45, 2.75) is 18.9 Å². The Morgan fingerprint density at radius 2 is 2.12 bits per heavy atom. The Hall–Kier alpha value is -4.39. The molecule has 1 unspecified atom stereocenters.